The number of hydrogen-bond acceptors (Lipinski definition) is 8. The van der Waals surface area contributed by atoms with Crippen molar-refractivity contribution in [1.29, 1.82) is 0 Å². The molecular formula is C33H45N5O7. The van der Waals surface area contributed by atoms with Gasteiger partial charge in [0, 0.05) is 31.3 Å². The Morgan fingerprint density at radius 1 is 0.978 bits per heavy atom. The van der Waals surface area contributed by atoms with Crippen LogP contribution in [0.15, 0.2) is 47.5 Å². The van der Waals surface area contributed by atoms with Crippen LogP contribution in [0.1, 0.15) is 71.1 Å². The van der Waals surface area contributed by atoms with E-state index in [1.54, 1.807) is 53.7 Å². The Morgan fingerprint density at radius 2 is 1.67 bits per heavy atom. The Hall–Kier alpha value is -4.19. The van der Waals surface area contributed by atoms with Crippen molar-refractivity contribution in [3.63, 3.8) is 0 Å². The average molecular weight is 624 g/mol. The molecule has 2 aliphatic rings. The van der Waals surface area contributed by atoms with Crippen molar-refractivity contribution in [2.24, 2.45) is 10.9 Å². The Kier molecular flexibility index (Phi) is 10.7. The summed E-state index contributed by atoms with van der Waals surface area (Å²) in [5.74, 6) is 1.21. The van der Waals surface area contributed by atoms with Gasteiger partial charge in [-0.1, -0.05) is 24.3 Å². The van der Waals surface area contributed by atoms with Gasteiger partial charge in [-0.25, -0.2) is 9.59 Å². The van der Waals surface area contributed by atoms with Gasteiger partial charge in [-0.05, 0) is 103 Å². The van der Waals surface area contributed by atoms with Crippen LogP contribution in [0.4, 0.5) is 15.3 Å². The van der Waals surface area contributed by atoms with E-state index in [1.165, 1.54) is 0 Å². The molecule has 2 aromatic rings. The number of piperidine rings is 1. The molecule has 12 nitrogen and oxygen atoms in total. The van der Waals surface area contributed by atoms with Crippen LogP contribution < -0.4 is 10.1 Å². The molecule has 4 rings (SSSR count). The number of rotatable bonds is 6. The highest BCUT2D eigenvalue weighted by Crippen LogP contribution is 2.27. The SMILES string of the molecule is CC(C)(C)OC(=O)/N=C(\NC(=O)OC(C)(C)C)N1CCc2ccc(OCC3CCN(Cc4ccccc4[N+](=O)[O-])CC3)cc2C1. The second-order valence-corrected chi connectivity index (χ2v) is 13.6. The topological polar surface area (TPSA) is 136 Å². The molecule has 2 aromatic carbocycles. The highest BCUT2D eigenvalue weighted by atomic mass is 16.6. The van der Waals surface area contributed by atoms with Crippen LogP contribution in [-0.4, -0.2) is 70.3 Å². The van der Waals surface area contributed by atoms with E-state index >= 15 is 0 Å². The lowest BCUT2D eigenvalue weighted by atomic mass is 9.97. The minimum Gasteiger partial charge on any atom is -0.493 e. The summed E-state index contributed by atoms with van der Waals surface area (Å²) in [5, 5.41) is 14.0. The van der Waals surface area contributed by atoms with Gasteiger partial charge in [0.15, 0.2) is 0 Å². The van der Waals surface area contributed by atoms with Crippen molar-refractivity contribution in [3.8, 4) is 5.75 Å². The molecule has 1 fully saturated rings. The Balaban J connectivity index is 1.36. The van der Waals surface area contributed by atoms with Crippen LogP contribution in [0.25, 0.3) is 0 Å². The van der Waals surface area contributed by atoms with Crippen LogP contribution >= 0.6 is 0 Å². The first kappa shape index (κ1) is 33.7. The molecule has 45 heavy (non-hydrogen) atoms. The maximum absolute atomic E-state index is 12.6. The lowest BCUT2D eigenvalue weighted by Gasteiger charge is -2.33. The number of nitrogens with one attached hydrogen (secondary N) is 1. The van der Waals surface area contributed by atoms with Gasteiger partial charge in [0.25, 0.3) is 5.69 Å². The number of aliphatic imine (C=N–C) groups is 1. The molecule has 2 amide bonds. The van der Waals surface area contributed by atoms with Gasteiger partial charge in [-0.15, -0.1) is 4.99 Å². The molecule has 2 heterocycles. The third kappa shape index (κ3) is 10.4. The number of nitro benzene ring substituents is 1. The molecule has 0 aromatic heterocycles. The molecule has 1 saturated heterocycles. The molecule has 0 atom stereocenters. The van der Waals surface area contributed by atoms with Crippen molar-refractivity contribution in [3.05, 3.63) is 69.3 Å². The quantitative estimate of drug-likeness (QED) is 0.176. The fourth-order valence-corrected chi connectivity index (χ4v) is 5.34. The third-order valence-electron chi connectivity index (χ3n) is 7.47. The second-order valence-electron chi connectivity index (χ2n) is 13.6. The van der Waals surface area contributed by atoms with E-state index in [0.29, 0.717) is 38.6 Å². The third-order valence-corrected chi connectivity index (χ3v) is 7.47. The smallest absolute Gasteiger partial charge is 0.437 e. The summed E-state index contributed by atoms with van der Waals surface area (Å²) < 4.78 is 17.0. The van der Waals surface area contributed by atoms with Crippen LogP contribution in [0.5, 0.6) is 5.75 Å². The van der Waals surface area contributed by atoms with E-state index in [-0.39, 0.29) is 16.6 Å². The van der Waals surface area contributed by atoms with Gasteiger partial charge >= 0.3 is 12.2 Å². The standard InChI is InChI=1S/C33H45N5O7/c1-32(2,3)44-30(39)34-29(35-31(40)45-33(4,5)6)37-18-15-24-11-12-27(19-26(24)21-37)43-22-23-13-16-36(17-14-23)20-25-9-7-8-10-28(25)38(41)42/h7-12,19,23H,13-18,20-22H2,1-6H3,(H,34,35,39,40). The van der Waals surface area contributed by atoms with Gasteiger partial charge in [0.2, 0.25) is 5.96 Å². The summed E-state index contributed by atoms with van der Waals surface area (Å²) in [4.78, 5) is 44.4. The predicted octanol–water partition coefficient (Wildman–Crippen LogP) is 6.06. The highest BCUT2D eigenvalue weighted by molar-refractivity contribution is 5.99. The minimum absolute atomic E-state index is 0.0723. The van der Waals surface area contributed by atoms with Crippen LogP contribution in [0, 0.1) is 16.0 Å². The van der Waals surface area contributed by atoms with Crippen molar-refractivity contribution in [2.75, 3.05) is 26.2 Å². The lowest BCUT2D eigenvalue weighted by Crippen LogP contribution is -2.48. The first-order valence-electron chi connectivity index (χ1n) is 15.4. The largest absolute Gasteiger partial charge is 0.493 e. The monoisotopic (exact) mass is 623 g/mol. The summed E-state index contributed by atoms with van der Waals surface area (Å²) in [6.07, 6.45) is 1.07. The normalized spacial score (nSPS) is 16.5. The number of hydrogen-bond donors (Lipinski definition) is 1. The Morgan fingerprint density at radius 3 is 2.33 bits per heavy atom. The minimum atomic E-state index is -0.801. The number of carbonyl (C=O) groups excluding carboxylic acids is 2. The summed E-state index contributed by atoms with van der Waals surface area (Å²) >= 11 is 0. The zero-order chi connectivity index (χ0) is 32.8. The zero-order valence-corrected chi connectivity index (χ0v) is 27.1. The molecular weight excluding hydrogens is 578 g/mol. The van der Waals surface area contributed by atoms with Gasteiger partial charge in [0.05, 0.1) is 11.5 Å². The van der Waals surface area contributed by atoms with Gasteiger partial charge in [0.1, 0.15) is 17.0 Å². The Bertz CT molecular complexity index is 1400. The number of guanidine groups is 1. The van der Waals surface area contributed by atoms with Gasteiger partial charge in [-0.2, -0.15) is 0 Å². The van der Waals surface area contributed by atoms with Crippen LogP contribution in [0.3, 0.4) is 0 Å². The van der Waals surface area contributed by atoms with Crippen molar-refractivity contribution >= 4 is 23.8 Å². The number of ether oxygens (including phenoxy) is 3. The summed E-state index contributed by atoms with van der Waals surface area (Å²) in [5.41, 5.74) is 1.62. The first-order valence-corrected chi connectivity index (χ1v) is 15.4. The van der Waals surface area contributed by atoms with E-state index in [4.69, 9.17) is 14.2 Å². The summed E-state index contributed by atoms with van der Waals surface area (Å²) in [7, 11) is 0. The first-order chi connectivity index (χ1) is 21.1. The molecule has 12 heteroatoms. The molecule has 1 N–H and O–H groups in total. The van der Waals surface area contributed by atoms with Crippen molar-refractivity contribution in [1.82, 2.24) is 15.1 Å². The number of para-hydroxylation sites is 1. The predicted molar refractivity (Wildman–Crippen MR) is 170 cm³/mol. The molecule has 0 saturated carbocycles. The molecule has 244 valence electrons. The van der Waals surface area contributed by atoms with Crippen molar-refractivity contribution in [2.45, 2.75) is 85.1 Å². The molecule has 2 aliphatic heterocycles. The maximum atomic E-state index is 12.6. The molecule has 0 unspecified atom stereocenters. The van der Waals surface area contributed by atoms with E-state index in [1.807, 2.05) is 29.2 Å². The summed E-state index contributed by atoms with van der Waals surface area (Å²) in [6, 6.07) is 13.0. The Labute approximate surface area is 264 Å². The van der Waals surface area contributed by atoms with Gasteiger partial charge in [-0.3, -0.25) is 20.3 Å². The average Bonchev–Trinajstić information content (AvgIpc) is 2.94. The number of amides is 2. The van der Waals surface area contributed by atoms with E-state index in [0.717, 1.165) is 48.4 Å². The molecule has 0 radical (unpaired) electrons. The number of nitro groups is 1. The van der Waals surface area contributed by atoms with Crippen LogP contribution in [0.2, 0.25) is 0 Å². The maximum Gasteiger partial charge on any atom is 0.437 e. The molecule has 0 aliphatic carbocycles. The van der Waals surface area contributed by atoms with E-state index in [9.17, 15) is 19.7 Å². The summed E-state index contributed by atoms with van der Waals surface area (Å²) in [6.45, 7) is 14.3. The number of nitrogens with zero attached hydrogens (tertiary/aromatic N) is 4. The lowest BCUT2D eigenvalue weighted by molar-refractivity contribution is -0.385. The molecule has 0 spiro atoms. The number of alkyl carbamates (subject to hydrolysis) is 1. The highest BCUT2D eigenvalue weighted by Gasteiger charge is 2.27. The van der Waals surface area contributed by atoms with Gasteiger partial charge < -0.3 is 19.1 Å². The zero-order valence-electron chi connectivity index (χ0n) is 27.1. The fourth-order valence-electron chi connectivity index (χ4n) is 5.34. The second kappa shape index (κ2) is 14.3. The van der Waals surface area contributed by atoms with E-state index < -0.39 is 23.4 Å². The van der Waals surface area contributed by atoms with E-state index in [2.05, 4.69) is 21.3 Å². The van der Waals surface area contributed by atoms with Crippen LogP contribution in [-0.2, 0) is 29.0 Å². The number of benzene rings is 2. The number of carbonyl (C=O) groups is 2. The fraction of sp³-hybridized carbons (Fsp3) is 0.545. The number of likely N-dealkylation sites (tertiary alicyclic amines) is 1. The number of fused-ring (bicyclic) bond motifs is 1. The van der Waals surface area contributed by atoms with Crippen molar-refractivity contribution < 1.29 is 28.7 Å². The molecule has 0 bridgehead atoms.